The zero-order valence-corrected chi connectivity index (χ0v) is 15.0. The fourth-order valence-electron chi connectivity index (χ4n) is 2.48. The normalized spacial score (nSPS) is 16.3. The molecule has 1 fully saturated rings. The maximum atomic E-state index is 11.7. The van der Waals surface area contributed by atoms with Crippen LogP contribution < -0.4 is 25.0 Å². The molecule has 142 valence electrons. The molecular formula is C17H23N3O6. The molecule has 2 amide bonds. The molecule has 26 heavy (non-hydrogen) atoms. The van der Waals surface area contributed by atoms with Crippen LogP contribution in [0.5, 0.6) is 17.2 Å². The van der Waals surface area contributed by atoms with Crippen LogP contribution in [0.15, 0.2) is 17.2 Å². The minimum Gasteiger partial charge on any atom is -0.493 e. The summed E-state index contributed by atoms with van der Waals surface area (Å²) in [5.41, 5.74) is 2.77. The second-order valence-electron chi connectivity index (χ2n) is 5.50. The highest BCUT2D eigenvalue weighted by Gasteiger charge is 2.19. The summed E-state index contributed by atoms with van der Waals surface area (Å²) in [6, 6.07) is 3.32. The molecule has 1 aromatic rings. The third kappa shape index (κ3) is 5.09. The summed E-state index contributed by atoms with van der Waals surface area (Å²) in [4.78, 5) is 23.5. The van der Waals surface area contributed by atoms with Crippen molar-refractivity contribution in [2.24, 2.45) is 5.10 Å². The van der Waals surface area contributed by atoms with Crippen molar-refractivity contribution in [1.82, 2.24) is 10.7 Å². The third-order valence-electron chi connectivity index (χ3n) is 3.79. The van der Waals surface area contributed by atoms with Gasteiger partial charge in [0.1, 0.15) is 0 Å². The molecule has 1 aliphatic heterocycles. The molecule has 1 atom stereocenters. The van der Waals surface area contributed by atoms with Gasteiger partial charge < -0.3 is 24.3 Å². The standard InChI is InChI=1S/C17H23N3O6/c1-23-13-7-11(8-14(24-2)15(13)25-3)9-19-20-17(22)16(21)18-10-12-5-4-6-26-12/h7-9,12H,4-6,10H2,1-3H3,(H,18,21)(H,20,22)/b19-9+. The SMILES string of the molecule is COc1cc(/C=N/NC(=O)C(=O)NCC2CCCO2)cc(OC)c1OC. The van der Waals surface area contributed by atoms with E-state index in [0.717, 1.165) is 12.8 Å². The number of rotatable bonds is 7. The summed E-state index contributed by atoms with van der Waals surface area (Å²) >= 11 is 0. The number of nitrogens with zero attached hydrogens (tertiary/aromatic N) is 1. The first kappa shape index (κ1) is 19.5. The van der Waals surface area contributed by atoms with Crippen molar-refractivity contribution in [3.05, 3.63) is 17.7 Å². The summed E-state index contributed by atoms with van der Waals surface area (Å²) in [6.07, 6.45) is 3.18. The van der Waals surface area contributed by atoms with Crippen molar-refractivity contribution in [2.75, 3.05) is 34.5 Å². The molecule has 2 N–H and O–H groups in total. The van der Waals surface area contributed by atoms with E-state index in [4.69, 9.17) is 18.9 Å². The van der Waals surface area contributed by atoms with Crippen LogP contribution in [0.4, 0.5) is 0 Å². The lowest BCUT2D eigenvalue weighted by Crippen LogP contribution is -2.41. The maximum absolute atomic E-state index is 11.7. The van der Waals surface area contributed by atoms with Crippen molar-refractivity contribution in [2.45, 2.75) is 18.9 Å². The van der Waals surface area contributed by atoms with Gasteiger partial charge in [-0.3, -0.25) is 9.59 Å². The van der Waals surface area contributed by atoms with Gasteiger partial charge in [0.05, 0.1) is 33.6 Å². The molecule has 2 rings (SSSR count). The molecule has 0 spiro atoms. The fraction of sp³-hybridized carbons (Fsp3) is 0.471. The van der Waals surface area contributed by atoms with E-state index < -0.39 is 11.8 Å². The monoisotopic (exact) mass is 365 g/mol. The number of amides is 2. The second-order valence-corrected chi connectivity index (χ2v) is 5.50. The van der Waals surface area contributed by atoms with E-state index in [0.29, 0.717) is 36.0 Å². The van der Waals surface area contributed by atoms with E-state index >= 15 is 0 Å². The molecule has 1 saturated heterocycles. The average Bonchev–Trinajstić information content (AvgIpc) is 3.18. The van der Waals surface area contributed by atoms with Crippen molar-refractivity contribution in [3.63, 3.8) is 0 Å². The number of carbonyl (C=O) groups excluding carboxylic acids is 2. The van der Waals surface area contributed by atoms with Gasteiger partial charge in [-0.05, 0) is 25.0 Å². The number of ether oxygens (including phenoxy) is 4. The minimum absolute atomic E-state index is 0.0329. The van der Waals surface area contributed by atoms with Crippen molar-refractivity contribution < 1.29 is 28.5 Å². The Kier molecular flexibility index (Phi) is 7.22. The van der Waals surface area contributed by atoms with Crippen LogP contribution in [0.3, 0.4) is 0 Å². The molecule has 0 bridgehead atoms. The molecule has 0 aliphatic carbocycles. The first-order valence-electron chi connectivity index (χ1n) is 8.11. The molecule has 9 nitrogen and oxygen atoms in total. The van der Waals surface area contributed by atoms with E-state index in [2.05, 4.69) is 15.8 Å². The lowest BCUT2D eigenvalue weighted by atomic mass is 10.2. The first-order chi connectivity index (χ1) is 12.6. The molecule has 1 heterocycles. The lowest BCUT2D eigenvalue weighted by molar-refractivity contribution is -0.139. The highest BCUT2D eigenvalue weighted by molar-refractivity contribution is 6.35. The average molecular weight is 365 g/mol. The Morgan fingerprint density at radius 1 is 1.19 bits per heavy atom. The Morgan fingerprint density at radius 2 is 1.88 bits per heavy atom. The Hall–Kier alpha value is -2.81. The van der Waals surface area contributed by atoms with Gasteiger partial charge in [-0.2, -0.15) is 5.10 Å². The topological polar surface area (TPSA) is 107 Å². The van der Waals surface area contributed by atoms with Crippen LogP contribution in [0.2, 0.25) is 0 Å². The van der Waals surface area contributed by atoms with E-state index in [1.54, 1.807) is 12.1 Å². The predicted octanol–water partition coefficient (Wildman–Crippen LogP) is 0.458. The quantitative estimate of drug-likeness (QED) is 0.413. The summed E-state index contributed by atoms with van der Waals surface area (Å²) in [7, 11) is 4.50. The summed E-state index contributed by atoms with van der Waals surface area (Å²) in [5.74, 6) is -0.262. The lowest BCUT2D eigenvalue weighted by Gasteiger charge is -2.12. The van der Waals surface area contributed by atoms with Gasteiger partial charge in [0.25, 0.3) is 0 Å². The van der Waals surface area contributed by atoms with E-state index in [9.17, 15) is 9.59 Å². The molecule has 1 aromatic carbocycles. The summed E-state index contributed by atoms with van der Waals surface area (Å²) < 4.78 is 21.1. The number of nitrogens with one attached hydrogen (secondary N) is 2. The predicted molar refractivity (Wildman–Crippen MR) is 93.8 cm³/mol. The Labute approximate surface area is 151 Å². The molecule has 1 aliphatic rings. The molecule has 9 heteroatoms. The van der Waals surface area contributed by atoms with Crippen molar-refractivity contribution in [3.8, 4) is 17.2 Å². The van der Waals surface area contributed by atoms with Gasteiger partial charge in [-0.1, -0.05) is 0 Å². The summed E-state index contributed by atoms with van der Waals surface area (Å²) in [5, 5.41) is 6.30. The highest BCUT2D eigenvalue weighted by atomic mass is 16.5. The van der Waals surface area contributed by atoms with Gasteiger partial charge in [-0.25, -0.2) is 5.43 Å². The van der Waals surface area contributed by atoms with Gasteiger partial charge in [0.15, 0.2) is 11.5 Å². The van der Waals surface area contributed by atoms with E-state index in [-0.39, 0.29) is 6.10 Å². The number of benzene rings is 1. The number of carbonyl (C=O) groups is 2. The smallest absolute Gasteiger partial charge is 0.329 e. The molecule has 0 saturated carbocycles. The number of hydrazone groups is 1. The van der Waals surface area contributed by atoms with Gasteiger partial charge in [0, 0.05) is 18.7 Å². The van der Waals surface area contributed by atoms with E-state index in [1.165, 1.54) is 27.5 Å². The second kappa shape index (κ2) is 9.62. The number of hydrogen-bond donors (Lipinski definition) is 2. The Bertz CT molecular complexity index is 645. The number of hydrogen-bond acceptors (Lipinski definition) is 7. The minimum atomic E-state index is -0.855. The first-order valence-corrected chi connectivity index (χ1v) is 8.11. The van der Waals surface area contributed by atoms with Crippen molar-refractivity contribution in [1.29, 1.82) is 0 Å². The highest BCUT2D eigenvalue weighted by Crippen LogP contribution is 2.37. The largest absolute Gasteiger partial charge is 0.493 e. The van der Waals surface area contributed by atoms with Crippen LogP contribution in [-0.4, -0.2) is 58.6 Å². The summed E-state index contributed by atoms with van der Waals surface area (Å²) in [6.45, 7) is 0.995. The maximum Gasteiger partial charge on any atom is 0.329 e. The molecule has 0 aromatic heterocycles. The Balaban J connectivity index is 1.92. The van der Waals surface area contributed by atoms with Crippen molar-refractivity contribution >= 4 is 18.0 Å². The number of methoxy groups -OCH3 is 3. The molecular weight excluding hydrogens is 342 g/mol. The van der Waals surface area contributed by atoms with Crippen LogP contribution in [0, 0.1) is 0 Å². The van der Waals surface area contributed by atoms with Crippen LogP contribution in [-0.2, 0) is 14.3 Å². The zero-order chi connectivity index (χ0) is 18.9. The van der Waals surface area contributed by atoms with Gasteiger partial charge >= 0.3 is 11.8 Å². The van der Waals surface area contributed by atoms with Gasteiger partial charge in [-0.15, -0.1) is 0 Å². The van der Waals surface area contributed by atoms with Crippen LogP contribution in [0.1, 0.15) is 18.4 Å². The Morgan fingerprint density at radius 3 is 2.42 bits per heavy atom. The van der Waals surface area contributed by atoms with E-state index in [1.807, 2.05) is 0 Å². The van der Waals surface area contributed by atoms with Gasteiger partial charge in [0.2, 0.25) is 5.75 Å². The molecule has 0 radical (unpaired) electrons. The van der Waals surface area contributed by atoms with Crippen LogP contribution in [0.25, 0.3) is 0 Å². The fourth-order valence-corrected chi connectivity index (χ4v) is 2.48. The molecule has 1 unspecified atom stereocenters. The van der Waals surface area contributed by atoms with Crippen LogP contribution >= 0.6 is 0 Å². The third-order valence-corrected chi connectivity index (χ3v) is 3.79. The zero-order valence-electron chi connectivity index (χ0n) is 15.0.